The van der Waals surface area contributed by atoms with Crippen molar-refractivity contribution in [3.05, 3.63) is 62.5 Å². The molecule has 2 heterocycles. The monoisotopic (exact) mass is 390 g/mol. The van der Waals surface area contributed by atoms with Crippen LogP contribution in [0, 0.1) is 0 Å². The molecule has 7 nitrogen and oxygen atoms in total. The van der Waals surface area contributed by atoms with Crippen molar-refractivity contribution < 1.29 is 9.59 Å². The number of halogens is 1. The van der Waals surface area contributed by atoms with Crippen molar-refractivity contribution in [3.63, 3.8) is 0 Å². The molecule has 0 radical (unpaired) electrons. The first-order valence-electron chi connectivity index (χ1n) is 7.45. The second-order valence-corrected chi connectivity index (χ2v) is 6.23. The Labute approximate surface area is 146 Å². The van der Waals surface area contributed by atoms with E-state index in [0.29, 0.717) is 31.7 Å². The molecule has 0 bridgehead atoms. The number of carbonyl (C=O) groups is 2. The number of rotatable bonds is 2. The van der Waals surface area contributed by atoms with E-state index in [9.17, 15) is 14.4 Å². The second kappa shape index (κ2) is 6.96. The minimum Gasteiger partial charge on any atom is -0.335 e. The van der Waals surface area contributed by atoms with E-state index in [0.717, 1.165) is 4.47 Å². The molecule has 1 aromatic heterocycles. The van der Waals surface area contributed by atoms with Crippen LogP contribution in [0.25, 0.3) is 0 Å². The van der Waals surface area contributed by atoms with E-state index in [1.54, 1.807) is 15.9 Å². The Morgan fingerprint density at radius 2 is 1.58 bits per heavy atom. The van der Waals surface area contributed by atoms with Gasteiger partial charge in [0.15, 0.2) is 0 Å². The van der Waals surface area contributed by atoms with Crippen molar-refractivity contribution in [3.8, 4) is 0 Å². The molecular weight excluding hydrogens is 376 g/mol. The minimum absolute atomic E-state index is 0.0586. The zero-order chi connectivity index (χ0) is 17.1. The van der Waals surface area contributed by atoms with Gasteiger partial charge in [-0.25, -0.2) is 5.10 Å². The van der Waals surface area contributed by atoms with Crippen LogP contribution in [0.1, 0.15) is 20.8 Å². The molecule has 2 amide bonds. The standard InChI is InChI=1S/C16H15BrN4O3/c17-12-4-2-1-3-11(12)15(23)20-7-9-21(10-8-20)16(24)13-5-6-14(22)19-18-13/h1-6H,7-10H2,(H,19,22). The average molecular weight is 391 g/mol. The molecule has 3 rings (SSSR count). The summed E-state index contributed by atoms with van der Waals surface area (Å²) < 4.78 is 0.756. The van der Waals surface area contributed by atoms with Gasteiger partial charge < -0.3 is 9.80 Å². The molecule has 0 unspecified atom stereocenters. The highest BCUT2D eigenvalue weighted by Gasteiger charge is 2.26. The van der Waals surface area contributed by atoms with E-state index in [1.807, 2.05) is 18.2 Å². The lowest BCUT2D eigenvalue weighted by Crippen LogP contribution is -2.50. The van der Waals surface area contributed by atoms with E-state index in [4.69, 9.17) is 0 Å². The van der Waals surface area contributed by atoms with E-state index >= 15 is 0 Å². The lowest BCUT2D eigenvalue weighted by molar-refractivity contribution is 0.0531. The third kappa shape index (κ3) is 3.38. The van der Waals surface area contributed by atoms with Gasteiger partial charge in [0.1, 0.15) is 5.69 Å². The number of hydrogen-bond donors (Lipinski definition) is 1. The lowest BCUT2D eigenvalue weighted by atomic mass is 10.2. The Kier molecular flexibility index (Phi) is 4.75. The van der Waals surface area contributed by atoms with Crippen LogP contribution in [0.4, 0.5) is 0 Å². The molecule has 1 aliphatic heterocycles. The number of aromatic amines is 1. The molecule has 1 aromatic carbocycles. The summed E-state index contributed by atoms with van der Waals surface area (Å²) in [5.74, 6) is -0.309. The molecule has 0 saturated carbocycles. The third-order valence-electron chi connectivity index (χ3n) is 3.86. The van der Waals surface area contributed by atoms with Crippen LogP contribution in [0.3, 0.4) is 0 Å². The molecule has 0 aliphatic carbocycles. The number of carbonyl (C=O) groups excluding carboxylic acids is 2. The molecule has 0 atom stereocenters. The van der Waals surface area contributed by atoms with Gasteiger partial charge in [-0.1, -0.05) is 12.1 Å². The van der Waals surface area contributed by atoms with Gasteiger partial charge in [0.2, 0.25) is 0 Å². The molecule has 1 fully saturated rings. The molecular formula is C16H15BrN4O3. The molecule has 1 aliphatic rings. The van der Waals surface area contributed by atoms with Crippen molar-refractivity contribution in [1.82, 2.24) is 20.0 Å². The van der Waals surface area contributed by atoms with Crippen LogP contribution in [0.2, 0.25) is 0 Å². The summed E-state index contributed by atoms with van der Waals surface area (Å²) in [7, 11) is 0. The molecule has 1 saturated heterocycles. The highest BCUT2D eigenvalue weighted by molar-refractivity contribution is 9.10. The predicted octanol–water partition coefficient (Wildman–Crippen LogP) is 1.13. The third-order valence-corrected chi connectivity index (χ3v) is 4.55. The Balaban J connectivity index is 1.64. The molecule has 1 N–H and O–H groups in total. The van der Waals surface area contributed by atoms with Gasteiger partial charge in [0.05, 0.1) is 5.56 Å². The molecule has 124 valence electrons. The summed E-state index contributed by atoms with van der Waals surface area (Å²) >= 11 is 3.39. The Bertz CT molecular complexity index is 808. The van der Waals surface area contributed by atoms with Gasteiger partial charge in [-0.2, -0.15) is 5.10 Å². The zero-order valence-electron chi connectivity index (χ0n) is 12.7. The van der Waals surface area contributed by atoms with Gasteiger partial charge in [-0.3, -0.25) is 14.4 Å². The summed E-state index contributed by atoms with van der Waals surface area (Å²) in [5.41, 5.74) is 0.454. The zero-order valence-corrected chi connectivity index (χ0v) is 14.3. The highest BCUT2D eigenvalue weighted by atomic mass is 79.9. The van der Waals surface area contributed by atoms with Crippen LogP contribution in [-0.4, -0.2) is 58.0 Å². The first kappa shape index (κ1) is 16.4. The Morgan fingerprint density at radius 1 is 0.958 bits per heavy atom. The fourth-order valence-electron chi connectivity index (χ4n) is 2.54. The van der Waals surface area contributed by atoms with E-state index < -0.39 is 0 Å². The quantitative estimate of drug-likeness (QED) is 0.832. The van der Waals surface area contributed by atoms with Gasteiger partial charge in [0, 0.05) is 36.7 Å². The average Bonchev–Trinajstić information content (AvgIpc) is 2.62. The number of nitrogens with one attached hydrogen (secondary N) is 1. The maximum Gasteiger partial charge on any atom is 0.274 e. The van der Waals surface area contributed by atoms with Crippen LogP contribution in [0.15, 0.2) is 45.7 Å². The van der Waals surface area contributed by atoms with Gasteiger partial charge in [0.25, 0.3) is 17.4 Å². The van der Waals surface area contributed by atoms with Crippen LogP contribution >= 0.6 is 15.9 Å². The Morgan fingerprint density at radius 3 is 2.17 bits per heavy atom. The summed E-state index contributed by atoms with van der Waals surface area (Å²) in [6.07, 6.45) is 0. The highest BCUT2D eigenvalue weighted by Crippen LogP contribution is 2.19. The molecule has 24 heavy (non-hydrogen) atoms. The lowest BCUT2D eigenvalue weighted by Gasteiger charge is -2.34. The number of H-pyrrole nitrogens is 1. The summed E-state index contributed by atoms with van der Waals surface area (Å²) in [5, 5.41) is 6.00. The van der Waals surface area contributed by atoms with Crippen LogP contribution in [-0.2, 0) is 0 Å². The van der Waals surface area contributed by atoms with Crippen molar-refractivity contribution in [2.45, 2.75) is 0 Å². The topological polar surface area (TPSA) is 86.4 Å². The normalized spacial score (nSPS) is 14.5. The van der Waals surface area contributed by atoms with Crippen LogP contribution < -0.4 is 5.56 Å². The number of nitrogens with zero attached hydrogens (tertiary/aromatic N) is 3. The maximum atomic E-state index is 12.5. The second-order valence-electron chi connectivity index (χ2n) is 5.37. The van der Waals surface area contributed by atoms with Crippen molar-refractivity contribution in [2.75, 3.05) is 26.2 Å². The first-order valence-corrected chi connectivity index (χ1v) is 8.24. The summed E-state index contributed by atoms with van der Waals surface area (Å²) in [6, 6.07) is 9.95. The van der Waals surface area contributed by atoms with Gasteiger partial charge in [-0.15, -0.1) is 0 Å². The van der Waals surface area contributed by atoms with E-state index in [1.165, 1.54) is 12.1 Å². The SMILES string of the molecule is O=C(c1ccc(=O)[nH]n1)N1CCN(C(=O)c2ccccc2Br)CC1. The number of amides is 2. The number of hydrogen-bond acceptors (Lipinski definition) is 4. The number of benzene rings is 1. The molecule has 0 spiro atoms. The van der Waals surface area contributed by atoms with Crippen molar-refractivity contribution >= 4 is 27.7 Å². The minimum atomic E-state index is -0.351. The smallest absolute Gasteiger partial charge is 0.274 e. The fraction of sp³-hybridized carbons (Fsp3) is 0.250. The fourth-order valence-corrected chi connectivity index (χ4v) is 3.00. The largest absolute Gasteiger partial charge is 0.335 e. The van der Waals surface area contributed by atoms with Crippen LogP contribution in [0.5, 0.6) is 0 Å². The Hall–Kier alpha value is -2.48. The van der Waals surface area contributed by atoms with Crippen molar-refractivity contribution in [1.29, 1.82) is 0 Å². The molecule has 8 heteroatoms. The van der Waals surface area contributed by atoms with Gasteiger partial charge in [-0.05, 0) is 34.1 Å². The molecule has 2 aromatic rings. The predicted molar refractivity (Wildman–Crippen MR) is 90.8 cm³/mol. The first-order chi connectivity index (χ1) is 11.6. The van der Waals surface area contributed by atoms with Crippen molar-refractivity contribution in [2.24, 2.45) is 0 Å². The number of aromatic nitrogens is 2. The van der Waals surface area contributed by atoms with E-state index in [2.05, 4.69) is 26.1 Å². The maximum absolute atomic E-state index is 12.5. The summed E-state index contributed by atoms with van der Waals surface area (Å²) in [6.45, 7) is 1.76. The summed E-state index contributed by atoms with van der Waals surface area (Å²) in [4.78, 5) is 39.3. The van der Waals surface area contributed by atoms with Gasteiger partial charge >= 0.3 is 0 Å². The number of piperazine rings is 1. The van der Waals surface area contributed by atoms with E-state index in [-0.39, 0.29) is 23.1 Å².